The van der Waals surface area contributed by atoms with Gasteiger partial charge >= 0.3 is 6.03 Å². The van der Waals surface area contributed by atoms with E-state index in [9.17, 15) is 4.79 Å². The summed E-state index contributed by atoms with van der Waals surface area (Å²) in [4.78, 5) is 15.9. The summed E-state index contributed by atoms with van der Waals surface area (Å²) < 4.78 is 1.59. The third-order valence-electron chi connectivity index (χ3n) is 3.92. The van der Waals surface area contributed by atoms with Gasteiger partial charge in [-0.3, -0.25) is 9.55 Å². The second-order valence-corrected chi connectivity index (χ2v) is 5.31. The minimum Gasteiger partial charge on any atom is -0.351 e. The average molecular weight is 285 g/mol. The zero-order valence-electron chi connectivity index (χ0n) is 12.7. The zero-order chi connectivity index (χ0) is 15.2. The summed E-state index contributed by atoms with van der Waals surface area (Å²) in [5, 5.41) is 0. The molecule has 0 aliphatic heterocycles. The van der Waals surface area contributed by atoms with E-state index in [4.69, 9.17) is 5.73 Å². The highest BCUT2D eigenvalue weighted by Gasteiger charge is 2.21. The lowest BCUT2D eigenvalue weighted by atomic mass is 9.91. The van der Waals surface area contributed by atoms with E-state index in [2.05, 4.69) is 18.8 Å². The number of rotatable bonds is 6. The van der Waals surface area contributed by atoms with Crippen LogP contribution in [0.25, 0.3) is 11.1 Å². The minimum atomic E-state index is -0.421. The van der Waals surface area contributed by atoms with Gasteiger partial charge in [0, 0.05) is 41.3 Å². The molecular weight excluding hydrogens is 262 g/mol. The van der Waals surface area contributed by atoms with Crippen molar-refractivity contribution < 1.29 is 4.79 Å². The first-order valence-electron chi connectivity index (χ1n) is 7.60. The normalized spacial score (nSPS) is 12.3. The third-order valence-corrected chi connectivity index (χ3v) is 3.92. The van der Waals surface area contributed by atoms with Crippen LogP contribution >= 0.6 is 0 Å². The Labute approximate surface area is 126 Å². The van der Waals surface area contributed by atoms with Gasteiger partial charge < -0.3 is 5.73 Å². The molecule has 4 heteroatoms. The molecule has 0 fully saturated rings. The van der Waals surface area contributed by atoms with Crippen molar-refractivity contribution in [3.8, 4) is 11.1 Å². The number of aromatic nitrogens is 2. The number of carbonyl (C=O) groups is 1. The third kappa shape index (κ3) is 3.32. The van der Waals surface area contributed by atoms with Gasteiger partial charge in [-0.1, -0.05) is 32.8 Å². The Hall–Kier alpha value is -2.10. The van der Waals surface area contributed by atoms with Gasteiger partial charge in [0.25, 0.3) is 0 Å². The summed E-state index contributed by atoms with van der Waals surface area (Å²) in [6.07, 6.45) is 9.71. The van der Waals surface area contributed by atoms with Crippen LogP contribution in [-0.2, 0) is 0 Å². The van der Waals surface area contributed by atoms with Crippen molar-refractivity contribution in [1.29, 1.82) is 0 Å². The second-order valence-electron chi connectivity index (χ2n) is 5.31. The molecule has 0 aromatic carbocycles. The Balaban J connectivity index is 2.49. The summed E-state index contributed by atoms with van der Waals surface area (Å²) in [5.41, 5.74) is 8.65. The van der Waals surface area contributed by atoms with Crippen LogP contribution in [0.2, 0.25) is 0 Å². The number of pyridine rings is 1. The lowest BCUT2D eigenvalue weighted by Gasteiger charge is -2.19. The lowest BCUT2D eigenvalue weighted by Crippen LogP contribution is -2.22. The molecule has 21 heavy (non-hydrogen) atoms. The van der Waals surface area contributed by atoms with Crippen LogP contribution < -0.4 is 5.73 Å². The molecule has 2 aromatic rings. The molecule has 0 saturated heterocycles. The molecule has 2 rings (SSSR count). The molecule has 1 unspecified atom stereocenters. The number of hydrogen-bond acceptors (Lipinski definition) is 2. The van der Waals surface area contributed by atoms with Gasteiger partial charge in [-0.2, -0.15) is 0 Å². The first-order chi connectivity index (χ1) is 10.2. The highest BCUT2D eigenvalue weighted by atomic mass is 16.2. The molecule has 2 aromatic heterocycles. The van der Waals surface area contributed by atoms with Crippen LogP contribution in [-0.4, -0.2) is 15.6 Å². The molecule has 1 atom stereocenters. The molecule has 112 valence electrons. The van der Waals surface area contributed by atoms with E-state index in [-0.39, 0.29) is 0 Å². The molecule has 2 heterocycles. The van der Waals surface area contributed by atoms with E-state index in [1.807, 2.05) is 24.4 Å². The molecule has 4 nitrogen and oxygen atoms in total. The van der Waals surface area contributed by atoms with Gasteiger partial charge in [0.15, 0.2) is 0 Å². The van der Waals surface area contributed by atoms with E-state index in [0.29, 0.717) is 5.92 Å². The topological polar surface area (TPSA) is 60.9 Å². The first kappa shape index (κ1) is 15.3. The summed E-state index contributed by atoms with van der Waals surface area (Å²) in [7, 11) is 0. The number of unbranched alkanes of at least 4 members (excludes halogenated alkanes) is 1. The zero-order valence-corrected chi connectivity index (χ0v) is 12.7. The Morgan fingerprint density at radius 3 is 2.76 bits per heavy atom. The quantitative estimate of drug-likeness (QED) is 0.866. The first-order valence-corrected chi connectivity index (χ1v) is 7.60. The predicted octanol–water partition coefficient (Wildman–Crippen LogP) is 4.16. The standard InChI is InChI=1S/C17H23N3O/c1-3-5-7-13(4-2)16-15(9-11-20(16)17(18)21)14-8-6-10-19-12-14/h6,8-13H,3-5,7H2,1-2H3,(H2,18,21). The SMILES string of the molecule is CCCCC(CC)c1c(-c2cccnc2)ccn1C(N)=O. The van der Waals surface area contributed by atoms with Gasteiger partial charge in [-0.15, -0.1) is 0 Å². The van der Waals surface area contributed by atoms with E-state index in [1.54, 1.807) is 17.0 Å². The van der Waals surface area contributed by atoms with Crippen LogP contribution in [0.5, 0.6) is 0 Å². The van der Waals surface area contributed by atoms with Crippen molar-refractivity contribution in [2.75, 3.05) is 0 Å². The van der Waals surface area contributed by atoms with Crippen LogP contribution in [0.15, 0.2) is 36.8 Å². The maximum Gasteiger partial charge on any atom is 0.323 e. The lowest BCUT2D eigenvalue weighted by molar-refractivity contribution is 0.249. The molecule has 1 amide bonds. The minimum absolute atomic E-state index is 0.336. The van der Waals surface area contributed by atoms with E-state index >= 15 is 0 Å². The Kier molecular flexibility index (Phi) is 5.14. The number of nitrogens with zero attached hydrogens (tertiary/aromatic N) is 2. The summed E-state index contributed by atoms with van der Waals surface area (Å²) >= 11 is 0. The highest BCUT2D eigenvalue weighted by Crippen LogP contribution is 2.34. The Morgan fingerprint density at radius 2 is 2.19 bits per heavy atom. The number of amides is 1. The van der Waals surface area contributed by atoms with E-state index in [1.165, 1.54) is 0 Å². The average Bonchev–Trinajstić information content (AvgIpc) is 2.94. The Bertz CT molecular complexity index is 589. The van der Waals surface area contributed by atoms with Gasteiger partial charge in [0.1, 0.15) is 0 Å². The monoisotopic (exact) mass is 285 g/mol. The maximum absolute atomic E-state index is 11.7. The van der Waals surface area contributed by atoms with Gasteiger partial charge in [-0.25, -0.2) is 4.79 Å². The summed E-state index contributed by atoms with van der Waals surface area (Å²) in [6, 6.07) is 5.47. The second kappa shape index (κ2) is 7.07. The molecule has 2 N–H and O–H groups in total. The predicted molar refractivity (Wildman–Crippen MR) is 85.2 cm³/mol. The summed E-state index contributed by atoms with van der Waals surface area (Å²) in [6.45, 7) is 4.34. The van der Waals surface area contributed by atoms with Gasteiger partial charge in [0.2, 0.25) is 0 Å². The molecule has 0 bridgehead atoms. The number of hydrogen-bond donors (Lipinski definition) is 1. The van der Waals surface area contributed by atoms with Crippen molar-refractivity contribution in [1.82, 2.24) is 9.55 Å². The largest absolute Gasteiger partial charge is 0.351 e. The van der Waals surface area contributed by atoms with Crippen LogP contribution in [0, 0.1) is 0 Å². The number of nitrogens with two attached hydrogens (primary N) is 1. The van der Waals surface area contributed by atoms with Crippen LogP contribution in [0.3, 0.4) is 0 Å². The van der Waals surface area contributed by atoms with Gasteiger partial charge in [0.05, 0.1) is 0 Å². The number of primary amides is 1. The van der Waals surface area contributed by atoms with Crippen molar-refractivity contribution in [3.05, 3.63) is 42.5 Å². The fourth-order valence-corrected chi connectivity index (χ4v) is 2.80. The maximum atomic E-state index is 11.7. The molecule has 0 aliphatic carbocycles. The molecule has 0 aliphatic rings. The van der Waals surface area contributed by atoms with Crippen molar-refractivity contribution in [3.63, 3.8) is 0 Å². The van der Waals surface area contributed by atoms with Crippen LogP contribution in [0.1, 0.15) is 51.1 Å². The number of carbonyl (C=O) groups excluding carboxylic acids is 1. The van der Waals surface area contributed by atoms with E-state index in [0.717, 1.165) is 42.5 Å². The molecular formula is C17H23N3O. The van der Waals surface area contributed by atoms with Crippen molar-refractivity contribution in [2.24, 2.45) is 5.73 Å². The van der Waals surface area contributed by atoms with Crippen LogP contribution in [0.4, 0.5) is 4.79 Å². The smallest absolute Gasteiger partial charge is 0.323 e. The summed E-state index contributed by atoms with van der Waals surface area (Å²) in [5.74, 6) is 0.336. The fourth-order valence-electron chi connectivity index (χ4n) is 2.80. The van der Waals surface area contributed by atoms with Gasteiger partial charge in [-0.05, 0) is 25.0 Å². The molecule has 0 radical (unpaired) electrons. The molecule has 0 saturated carbocycles. The molecule has 0 spiro atoms. The highest BCUT2D eigenvalue weighted by molar-refractivity contribution is 5.80. The van der Waals surface area contributed by atoms with E-state index < -0.39 is 6.03 Å². The van der Waals surface area contributed by atoms with Crippen molar-refractivity contribution >= 4 is 6.03 Å². The Morgan fingerprint density at radius 1 is 1.38 bits per heavy atom. The van der Waals surface area contributed by atoms with Crippen molar-refractivity contribution in [2.45, 2.75) is 45.4 Å². The fraction of sp³-hybridized carbons (Fsp3) is 0.412.